The van der Waals surface area contributed by atoms with Crippen LogP contribution in [0.1, 0.15) is 10.4 Å². The van der Waals surface area contributed by atoms with Crippen molar-refractivity contribution in [2.45, 2.75) is 0 Å². The molecular formula is C13H8Br2O3. The quantitative estimate of drug-likeness (QED) is 0.850. The number of aromatic carboxylic acids is 1. The van der Waals surface area contributed by atoms with E-state index in [1.54, 1.807) is 24.3 Å². The Labute approximate surface area is 121 Å². The largest absolute Gasteiger partial charge is 0.478 e. The van der Waals surface area contributed by atoms with E-state index in [-0.39, 0.29) is 5.56 Å². The molecule has 0 atom stereocenters. The number of carboxylic acids is 1. The molecule has 18 heavy (non-hydrogen) atoms. The highest BCUT2D eigenvalue weighted by molar-refractivity contribution is 9.10. The van der Waals surface area contributed by atoms with E-state index in [0.717, 1.165) is 4.47 Å². The lowest BCUT2D eigenvalue weighted by Crippen LogP contribution is -2.01. The first-order valence-electron chi connectivity index (χ1n) is 5.04. The molecule has 0 fully saturated rings. The third kappa shape index (κ3) is 2.73. The van der Waals surface area contributed by atoms with Gasteiger partial charge in [-0.1, -0.05) is 18.2 Å². The average molecular weight is 372 g/mol. The molecule has 0 aliphatic carbocycles. The summed E-state index contributed by atoms with van der Waals surface area (Å²) in [6.45, 7) is 0. The second-order valence-corrected chi connectivity index (χ2v) is 5.16. The fourth-order valence-electron chi connectivity index (χ4n) is 1.44. The molecule has 2 aromatic rings. The minimum atomic E-state index is -1.04. The SMILES string of the molecule is O=C(O)c1c(Br)cccc1Oc1ccccc1Br. The summed E-state index contributed by atoms with van der Waals surface area (Å²) in [6, 6.07) is 12.3. The number of hydrogen-bond acceptors (Lipinski definition) is 2. The molecule has 0 bridgehead atoms. The van der Waals surface area contributed by atoms with Crippen molar-refractivity contribution in [3.8, 4) is 11.5 Å². The van der Waals surface area contributed by atoms with Crippen molar-refractivity contribution in [1.29, 1.82) is 0 Å². The summed E-state index contributed by atoms with van der Waals surface area (Å²) in [4.78, 5) is 11.2. The van der Waals surface area contributed by atoms with Gasteiger partial charge in [-0.3, -0.25) is 0 Å². The highest BCUT2D eigenvalue weighted by atomic mass is 79.9. The number of ether oxygens (including phenoxy) is 1. The van der Waals surface area contributed by atoms with E-state index in [0.29, 0.717) is 16.0 Å². The van der Waals surface area contributed by atoms with E-state index in [1.807, 2.05) is 18.2 Å². The molecule has 2 aromatic carbocycles. The summed E-state index contributed by atoms with van der Waals surface area (Å²) >= 11 is 6.56. The van der Waals surface area contributed by atoms with Gasteiger partial charge in [-0.2, -0.15) is 0 Å². The smallest absolute Gasteiger partial charge is 0.340 e. The molecule has 2 rings (SSSR count). The highest BCUT2D eigenvalue weighted by Gasteiger charge is 2.16. The van der Waals surface area contributed by atoms with Crippen molar-refractivity contribution < 1.29 is 14.6 Å². The molecule has 92 valence electrons. The Kier molecular flexibility index (Phi) is 4.04. The summed E-state index contributed by atoms with van der Waals surface area (Å²) in [5, 5.41) is 9.17. The molecule has 0 saturated carbocycles. The molecule has 0 aliphatic heterocycles. The monoisotopic (exact) mass is 370 g/mol. The normalized spacial score (nSPS) is 10.1. The van der Waals surface area contributed by atoms with Gasteiger partial charge in [0.15, 0.2) is 0 Å². The molecule has 5 heteroatoms. The van der Waals surface area contributed by atoms with E-state index in [1.165, 1.54) is 0 Å². The lowest BCUT2D eigenvalue weighted by Gasteiger charge is -2.11. The van der Waals surface area contributed by atoms with Gasteiger partial charge in [0.1, 0.15) is 17.1 Å². The number of carboxylic acid groups (broad SMARTS) is 1. The third-order valence-electron chi connectivity index (χ3n) is 2.25. The topological polar surface area (TPSA) is 46.5 Å². The molecule has 0 heterocycles. The van der Waals surface area contributed by atoms with Gasteiger partial charge in [0.05, 0.1) is 4.47 Å². The predicted molar refractivity (Wildman–Crippen MR) is 75.3 cm³/mol. The van der Waals surface area contributed by atoms with Crippen LogP contribution in [0.3, 0.4) is 0 Å². The maximum atomic E-state index is 11.2. The van der Waals surface area contributed by atoms with Crippen LogP contribution in [-0.2, 0) is 0 Å². The highest BCUT2D eigenvalue weighted by Crippen LogP contribution is 2.33. The molecule has 0 radical (unpaired) electrons. The second kappa shape index (κ2) is 5.54. The lowest BCUT2D eigenvalue weighted by atomic mass is 10.2. The zero-order valence-electron chi connectivity index (χ0n) is 9.06. The van der Waals surface area contributed by atoms with Crippen LogP contribution in [0, 0.1) is 0 Å². The van der Waals surface area contributed by atoms with Crippen LogP contribution in [0.15, 0.2) is 51.4 Å². The summed E-state index contributed by atoms with van der Waals surface area (Å²) in [5.41, 5.74) is 0.105. The van der Waals surface area contributed by atoms with Crippen LogP contribution < -0.4 is 4.74 Å². The maximum absolute atomic E-state index is 11.2. The van der Waals surface area contributed by atoms with E-state index < -0.39 is 5.97 Å². The van der Waals surface area contributed by atoms with Crippen LogP contribution >= 0.6 is 31.9 Å². The molecule has 0 unspecified atom stereocenters. The number of carbonyl (C=O) groups is 1. The number of halogens is 2. The molecule has 0 saturated heterocycles. The van der Waals surface area contributed by atoms with Gasteiger partial charge in [-0.05, 0) is 56.1 Å². The minimum Gasteiger partial charge on any atom is -0.478 e. The van der Waals surface area contributed by atoms with Crippen LogP contribution in [0.4, 0.5) is 0 Å². The third-order valence-corrected chi connectivity index (χ3v) is 3.56. The standard InChI is InChI=1S/C13H8Br2O3/c14-8-4-1-2-6-10(8)18-11-7-3-5-9(15)12(11)13(16)17/h1-7H,(H,16,17). The first kappa shape index (κ1) is 13.1. The van der Waals surface area contributed by atoms with Crippen molar-refractivity contribution in [1.82, 2.24) is 0 Å². The fraction of sp³-hybridized carbons (Fsp3) is 0. The van der Waals surface area contributed by atoms with Crippen LogP contribution in [0.5, 0.6) is 11.5 Å². The molecule has 0 amide bonds. The number of para-hydroxylation sites is 1. The van der Waals surface area contributed by atoms with Gasteiger partial charge in [-0.15, -0.1) is 0 Å². The Morgan fingerprint density at radius 3 is 2.22 bits per heavy atom. The van der Waals surface area contributed by atoms with E-state index >= 15 is 0 Å². The van der Waals surface area contributed by atoms with Crippen LogP contribution in [0.25, 0.3) is 0 Å². The van der Waals surface area contributed by atoms with Crippen LogP contribution in [0.2, 0.25) is 0 Å². The minimum absolute atomic E-state index is 0.105. The van der Waals surface area contributed by atoms with Crippen molar-refractivity contribution in [3.05, 3.63) is 57.0 Å². The van der Waals surface area contributed by atoms with Gasteiger partial charge < -0.3 is 9.84 Å². The van der Waals surface area contributed by atoms with Crippen molar-refractivity contribution in [3.63, 3.8) is 0 Å². The predicted octanol–water partition coefficient (Wildman–Crippen LogP) is 4.70. The van der Waals surface area contributed by atoms with E-state index in [2.05, 4.69) is 31.9 Å². The van der Waals surface area contributed by atoms with Crippen molar-refractivity contribution >= 4 is 37.8 Å². The van der Waals surface area contributed by atoms with Crippen molar-refractivity contribution in [2.75, 3.05) is 0 Å². The Morgan fingerprint density at radius 1 is 0.944 bits per heavy atom. The number of rotatable bonds is 3. The molecule has 0 aliphatic rings. The lowest BCUT2D eigenvalue weighted by molar-refractivity contribution is 0.0693. The Balaban J connectivity index is 2.44. The molecule has 1 N–H and O–H groups in total. The first-order chi connectivity index (χ1) is 8.59. The Morgan fingerprint density at radius 2 is 1.56 bits per heavy atom. The molecule has 3 nitrogen and oxygen atoms in total. The number of hydrogen-bond donors (Lipinski definition) is 1. The Hall–Kier alpha value is -1.33. The zero-order valence-corrected chi connectivity index (χ0v) is 12.2. The summed E-state index contributed by atoms with van der Waals surface area (Å²) in [6.07, 6.45) is 0. The summed E-state index contributed by atoms with van der Waals surface area (Å²) in [7, 11) is 0. The molecular weight excluding hydrogens is 364 g/mol. The summed E-state index contributed by atoms with van der Waals surface area (Å²) < 4.78 is 6.88. The van der Waals surface area contributed by atoms with Gasteiger partial charge >= 0.3 is 5.97 Å². The van der Waals surface area contributed by atoms with Gasteiger partial charge in [0.25, 0.3) is 0 Å². The van der Waals surface area contributed by atoms with Gasteiger partial charge in [0.2, 0.25) is 0 Å². The zero-order chi connectivity index (χ0) is 13.1. The summed E-state index contributed by atoms with van der Waals surface area (Å²) in [5.74, 6) is -0.175. The maximum Gasteiger partial charge on any atom is 0.340 e. The fourth-order valence-corrected chi connectivity index (χ4v) is 2.33. The molecule has 0 spiro atoms. The van der Waals surface area contributed by atoms with Crippen molar-refractivity contribution in [2.24, 2.45) is 0 Å². The van der Waals surface area contributed by atoms with E-state index in [4.69, 9.17) is 4.74 Å². The van der Waals surface area contributed by atoms with Gasteiger partial charge in [0, 0.05) is 4.47 Å². The van der Waals surface area contributed by atoms with Gasteiger partial charge in [-0.25, -0.2) is 4.79 Å². The molecule has 0 aromatic heterocycles. The first-order valence-corrected chi connectivity index (χ1v) is 6.62. The second-order valence-electron chi connectivity index (χ2n) is 3.45. The number of benzene rings is 2. The van der Waals surface area contributed by atoms with Crippen LogP contribution in [-0.4, -0.2) is 11.1 Å². The van der Waals surface area contributed by atoms with E-state index in [9.17, 15) is 9.90 Å². The Bertz CT molecular complexity index is 597. The average Bonchev–Trinajstić information content (AvgIpc) is 2.31.